The molecule has 58 heavy (non-hydrogen) atoms. The average Bonchev–Trinajstić information content (AvgIpc) is 3.19. The first-order chi connectivity index (χ1) is 28.0. The van der Waals surface area contributed by atoms with Gasteiger partial charge in [0.25, 0.3) is 0 Å². The lowest BCUT2D eigenvalue weighted by molar-refractivity contribution is -0.161. The molecule has 0 rings (SSSR count). The second-order valence-electron chi connectivity index (χ2n) is 16.3. The van der Waals surface area contributed by atoms with Gasteiger partial charge in [-0.1, -0.05) is 174 Å². The Kier molecular flexibility index (Phi) is 39.2. The monoisotopic (exact) mass is 845 g/mol. The summed E-state index contributed by atoms with van der Waals surface area (Å²) in [6.45, 7) is 4.54. The normalized spacial score (nSPS) is 14.0. The number of unbranched alkanes of at least 4 members (excludes halogenated alkanes) is 22. The van der Waals surface area contributed by atoms with Crippen LogP contribution in [0.5, 0.6) is 0 Å². The number of ether oxygens (including phenoxy) is 2. The maximum atomic E-state index is 12.6. The number of ketones is 1. The highest BCUT2D eigenvalue weighted by atomic mass is 31.2. The van der Waals surface area contributed by atoms with E-state index in [1.165, 1.54) is 83.5 Å². The standard InChI is InChI=1S/C46H85O11P/c1-4-5-27-33-42(48)34-29-24-20-16-14-18-22-26-31-36-46(51)57-44(40-56-58(52,53)55-38-43(49)37-47)39-54-45(50)35-30-25-21-17-13-11-9-7-6-8-10-12-15-19-23-28-32-41(2)3/h20,24,29,34,41,43-44,47,49H,4-19,21-23,25-28,30-33,35-40H2,1-3H3,(H,52,53)/b24-20-,34-29+/t43-,44+/m0/s1. The smallest absolute Gasteiger partial charge is 0.462 e. The van der Waals surface area contributed by atoms with Gasteiger partial charge >= 0.3 is 19.8 Å². The lowest BCUT2D eigenvalue weighted by atomic mass is 10.0. The highest BCUT2D eigenvalue weighted by Gasteiger charge is 2.27. The average molecular weight is 845 g/mol. The van der Waals surface area contributed by atoms with Crippen LogP contribution in [0, 0.1) is 5.92 Å². The van der Waals surface area contributed by atoms with Gasteiger partial charge in [0, 0.05) is 19.3 Å². The summed E-state index contributed by atoms with van der Waals surface area (Å²) in [4.78, 5) is 46.8. The number of phosphoric acid groups is 1. The van der Waals surface area contributed by atoms with Crippen LogP contribution in [-0.2, 0) is 37.5 Å². The summed E-state index contributed by atoms with van der Waals surface area (Å²) in [5, 5.41) is 18.3. The number of aliphatic hydroxyl groups is 2. The molecule has 0 aliphatic heterocycles. The molecule has 340 valence electrons. The number of carbonyl (C=O) groups excluding carboxylic acids is 3. The van der Waals surface area contributed by atoms with Gasteiger partial charge < -0.3 is 24.6 Å². The molecule has 0 radical (unpaired) electrons. The fourth-order valence-electron chi connectivity index (χ4n) is 6.40. The Morgan fingerprint density at radius 3 is 1.62 bits per heavy atom. The Hall–Kier alpha value is -1.88. The van der Waals surface area contributed by atoms with Crippen molar-refractivity contribution >= 4 is 25.5 Å². The molecule has 1 unspecified atom stereocenters. The Bertz CT molecular complexity index is 1090. The SMILES string of the molecule is CCCCCC(=O)/C=C/C=C\CCCCCCCC(=O)O[C@H](COC(=O)CCCCCCCCCCCCCCCCCCC(C)C)COP(=O)(O)OC[C@@H](O)CO. The summed E-state index contributed by atoms with van der Waals surface area (Å²) in [7, 11) is -4.64. The number of allylic oxidation sites excluding steroid dienone is 4. The molecule has 0 saturated carbocycles. The molecule has 0 heterocycles. The second-order valence-corrected chi connectivity index (χ2v) is 17.8. The van der Waals surface area contributed by atoms with E-state index in [9.17, 15) is 28.9 Å². The zero-order chi connectivity index (χ0) is 43.0. The van der Waals surface area contributed by atoms with Gasteiger partial charge in [0.2, 0.25) is 0 Å². The van der Waals surface area contributed by atoms with E-state index in [1.54, 1.807) is 12.2 Å². The molecule has 0 aromatic heterocycles. The molecular formula is C46H85O11P. The number of esters is 2. The lowest BCUT2D eigenvalue weighted by Gasteiger charge is -2.20. The molecule has 0 spiro atoms. The molecule has 0 fully saturated rings. The van der Waals surface area contributed by atoms with E-state index in [4.69, 9.17) is 19.1 Å². The summed E-state index contributed by atoms with van der Waals surface area (Å²) in [6, 6.07) is 0. The van der Waals surface area contributed by atoms with E-state index < -0.39 is 51.8 Å². The van der Waals surface area contributed by atoms with Crippen LogP contribution in [0.3, 0.4) is 0 Å². The summed E-state index contributed by atoms with van der Waals surface area (Å²) in [5.41, 5.74) is 0. The first-order valence-corrected chi connectivity index (χ1v) is 24.6. The van der Waals surface area contributed by atoms with E-state index in [0.29, 0.717) is 19.3 Å². The molecular weight excluding hydrogens is 759 g/mol. The van der Waals surface area contributed by atoms with Crippen LogP contribution in [0.25, 0.3) is 0 Å². The highest BCUT2D eigenvalue weighted by molar-refractivity contribution is 7.47. The van der Waals surface area contributed by atoms with Crippen molar-refractivity contribution in [1.82, 2.24) is 0 Å². The largest absolute Gasteiger partial charge is 0.472 e. The zero-order valence-corrected chi connectivity index (χ0v) is 37.8. The van der Waals surface area contributed by atoms with Crippen molar-refractivity contribution in [1.29, 1.82) is 0 Å². The predicted molar refractivity (Wildman–Crippen MR) is 233 cm³/mol. The van der Waals surface area contributed by atoms with Crippen LogP contribution in [0.1, 0.15) is 207 Å². The number of hydrogen-bond donors (Lipinski definition) is 3. The van der Waals surface area contributed by atoms with Gasteiger partial charge in [-0.15, -0.1) is 0 Å². The Labute approximate surface area is 353 Å². The first-order valence-electron chi connectivity index (χ1n) is 23.1. The number of aliphatic hydroxyl groups excluding tert-OH is 2. The van der Waals surface area contributed by atoms with Gasteiger partial charge in [-0.3, -0.25) is 23.4 Å². The lowest BCUT2D eigenvalue weighted by Crippen LogP contribution is -2.29. The van der Waals surface area contributed by atoms with E-state index in [0.717, 1.165) is 76.5 Å². The van der Waals surface area contributed by atoms with Crippen molar-refractivity contribution in [3.8, 4) is 0 Å². The molecule has 11 nitrogen and oxygen atoms in total. The zero-order valence-electron chi connectivity index (χ0n) is 36.9. The highest BCUT2D eigenvalue weighted by Crippen LogP contribution is 2.43. The van der Waals surface area contributed by atoms with Gasteiger partial charge in [0.15, 0.2) is 11.9 Å². The second kappa shape index (κ2) is 40.5. The molecule has 3 N–H and O–H groups in total. The van der Waals surface area contributed by atoms with Gasteiger partial charge in [-0.2, -0.15) is 0 Å². The molecule has 0 aromatic carbocycles. The molecule has 0 aromatic rings. The van der Waals surface area contributed by atoms with Crippen LogP contribution in [0.15, 0.2) is 24.3 Å². The summed E-state index contributed by atoms with van der Waals surface area (Å²) < 4.78 is 32.7. The molecule has 0 saturated heterocycles. The van der Waals surface area contributed by atoms with Gasteiger partial charge in [0.05, 0.1) is 19.8 Å². The molecule has 0 aliphatic carbocycles. The van der Waals surface area contributed by atoms with Crippen LogP contribution in [0.4, 0.5) is 0 Å². The molecule has 0 aliphatic rings. The van der Waals surface area contributed by atoms with Crippen LogP contribution in [0.2, 0.25) is 0 Å². The fourth-order valence-corrected chi connectivity index (χ4v) is 7.19. The van der Waals surface area contributed by atoms with E-state index in [1.807, 2.05) is 6.08 Å². The molecule has 3 atom stereocenters. The predicted octanol–water partition coefficient (Wildman–Crippen LogP) is 11.6. The van der Waals surface area contributed by atoms with Crippen molar-refractivity contribution < 1.29 is 52.6 Å². The molecule has 12 heteroatoms. The minimum absolute atomic E-state index is 0.135. The number of carbonyl (C=O) groups is 3. The van der Waals surface area contributed by atoms with Gasteiger partial charge in [-0.25, -0.2) is 4.57 Å². The molecule has 0 amide bonds. The number of rotatable bonds is 43. The van der Waals surface area contributed by atoms with E-state index in [-0.39, 0.29) is 25.2 Å². The fraction of sp³-hybridized carbons (Fsp3) is 0.848. The minimum Gasteiger partial charge on any atom is -0.462 e. The number of hydrogen-bond acceptors (Lipinski definition) is 10. The summed E-state index contributed by atoms with van der Waals surface area (Å²) in [6.07, 6.45) is 35.5. The summed E-state index contributed by atoms with van der Waals surface area (Å²) >= 11 is 0. The molecule has 0 bridgehead atoms. The van der Waals surface area contributed by atoms with Crippen molar-refractivity contribution in [3.63, 3.8) is 0 Å². The maximum absolute atomic E-state index is 12.6. The van der Waals surface area contributed by atoms with Crippen molar-refractivity contribution in [3.05, 3.63) is 24.3 Å². The van der Waals surface area contributed by atoms with Gasteiger partial charge in [-0.05, 0) is 44.1 Å². The van der Waals surface area contributed by atoms with Crippen LogP contribution >= 0.6 is 7.82 Å². The minimum atomic E-state index is -4.64. The Morgan fingerprint density at radius 2 is 1.09 bits per heavy atom. The Morgan fingerprint density at radius 1 is 0.603 bits per heavy atom. The third-order valence-electron chi connectivity index (χ3n) is 10.0. The van der Waals surface area contributed by atoms with Crippen molar-refractivity contribution in [2.24, 2.45) is 5.92 Å². The number of phosphoric ester groups is 1. The summed E-state index contributed by atoms with van der Waals surface area (Å²) in [5.74, 6) is 0.0150. The third kappa shape index (κ3) is 40.9. The topological polar surface area (TPSA) is 166 Å². The van der Waals surface area contributed by atoms with Crippen LogP contribution < -0.4 is 0 Å². The van der Waals surface area contributed by atoms with Crippen molar-refractivity contribution in [2.75, 3.05) is 26.4 Å². The van der Waals surface area contributed by atoms with Crippen molar-refractivity contribution in [2.45, 2.75) is 219 Å². The quantitative estimate of drug-likeness (QED) is 0.0176. The Balaban J connectivity index is 4.27. The van der Waals surface area contributed by atoms with Gasteiger partial charge in [0.1, 0.15) is 12.7 Å². The van der Waals surface area contributed by atoms with E-state index >= 15 is 0 Å². The van der Waals surface area contributed by atoms with E-state index in [2.05, 4.69) is 31.4 Å². The maximum Gasteiger partial charge on any atom is 0.472 e. The third-order valence-corrected chi connectivity index (χ3v) is 11.0. The first kappa shape index (κ1) is 56.1. The van der Waals surface area contributed by atoms with Crippen LogP contribution in [-0.4, -0.2) is 71.5 Å².